The van der Waals surface area contributed by atoms with E-state index in [0.717, 1.165) is 19.1 Å². The Kier molecular flexibility index (Phi) is 3.95. The maximum Gasteiger partial charge on any atom is 0.327 e. The molecule has 0 heterocycles. The molecule has 0 aliphatic heterocycles. The van der Waals surface area contributed by atoms with E-state index >= 15 is 0 Å². The second-order valence-electron chi connectivity index (χ2n) is 4.19. The molecule has 1 aliphatic rings. The molecule has 3 heteroatoms. The fourth-order valence-corrected chi connectivity index (χ4v) is 4.47. The molecule has 2 atom stereocenters. The third kappa shape index (κ3) is 2.14. The molecule has 2 nitrogen and oxygen atoms in total. The molecule has 0 amide bonds. The summed E-state index contributed by atoms with van der Waals surface area (Å²) in [5.74, 6) is 0.794. The van der Waals surface area contributed by atoms with Crippen molar-refractivity contribution < 1.29 is 8.85 Å². The lowest BCUT2D eigenvalue weighted by atomic mass is 9.75. The van der Waals surface area contributed by atoms with Crippen molar-refractivity contribution in [2.45, 2.75) is 45.6 Å². The van der Waals surface area contributed by atoms with Crippen molar-refractivity contribution in [3.05, 3.63) is 0 Å². The summed E-state index contributed by atoms with van der Waals surface area (Å²) in [6.07, 6.45) is 2.64. The third-order valence-corrected chi connectivity index (χ3v) is 6.62. The Balaban J connectivity index is 2.52. The minimum atomic E-state index is -1.41. The zero-order chi connectivity index (χ0) is 9.90. The second-order valence-corrected chi connectivity index (χ2v) is 6.84. The Morgan fingerprint density at radius 2 is 1.85 bits per heavy atom. The Labute approximate surface area is 83.5 Å². The zero-order valence-electron chi connectivity index (χ0n) is 9.30. The molecule has 1 rings (SSSR count). The molecule has 1 aliphatic carbocycles. The van der Waals surface area contributed by atoms with Gasteiger partial charge in [0.05, 0.1) is 0 Å². The molecule has 0 aromatic rings. The number of hydrogen-bond acceptors (Lipinski definition) is 2. The first kappa shape index (κ1) is 11.2. The maximum absolute atomic E-state index is 5.78. The van der Waals surface area contributed by atoms with E-state index < -0.39 is 9.28 Å². The molecular formula is C10H22O2Si. The van der Waals surface area contributed by atoms with Gasteiger partial charge in [0.25, 0.3) is 0 Å². The lowest BCUT2D eigenvalue weighted by Gasteiger charge is -2.48. The van der Waals surface area contributed by atoms with Crippen molar-refractivity contribution in [2.75, 3.05) is 13.2 Å². The number of hydrogen-bond donors (Lipinski definition) is 0. The molecule has 2 unspecified atom stereocenters. The van der Waals surface area contributed by atoms with Crippen LogP contribution in [0.5, 0.6) is 0 Å². The average Bonchev–Trinajstić information content (AvgIpc) is 2.14. The smallest absolute Gasteiger partial charge is 0.327 e. The average molecular weight is 202 g/mol. The van der Waals surface area contributed by atoms with Gasteiger partial charge >= 0.3 is 9.28 Å². The molecule has 1 fully saturated rings. The predicted octanol–water partition coefficient (Wildman–Crippen LogP) is 2.47. The molecule has 0 bridgehead atoms. The van der Waals surface area contributed by atoms with Gasteiger partial charge in [-0.15, -0.1) is 0 Å². The molecule has 0 aromatic heterocycles. The largest absolute Gasteiger partial charge is 0.397 e. The molecule has 0 saturated heterocycles. The summed E-state index contributed by atoms with van der Waals surface area (Å²) >= 11 is 0. The van der Waals surface area contributed by atoms with Crippen molar-refractivity contribution in [3.8, 4) is 0 Å². The molecule has 1 saturated carbocycles. The van der Waals surface area contributed by atoms with Gasteiger partial charge in [-0.3, -0.25) is 0 Å². The van der Waals surface area contributed by atoms with Gasteiger partial charge in [-0.05, 0) is 32.6 Å². The van der Waals surface area contributed by atoms with Crippen LogP contribution in [0.3, 0.4) is 0 Å². The van der Waals surface area contributed by atoms with Crippen molar-refractivity contribution in [1.29, 1.82) is 0 Å². The minimum absolute atomic E-state index is 0.395. The lowest BCUT2D eigenvalue weighted by molar-refractivity contribution is 0.122. The zero-order valence-corrected chi connectivity index (χ0v) is 10.5. The fourth-order valence-electron chi connectivity index (χ4n) is 1.97. The Bertz CT molecular complexity index is 157. The maximum atomic E-state index is 5.78. The van der Waals surface area contributed by atoms with Crippen LogP contribution in [0.25, 0.3) is 0 Å². The molecular weight excluding hydrogens is 180 g/mol. The van der Waals surface area contributed by atoms with Crippen LogP contribution in [-0.4, -0.2) is 22.5 Å². The van der Waals surface area contributed by atoms with Crippen LogP contribution >= 0.6 is 0 Å². The first-order chi connectivity index (χ1) is 6.15. The van der Waals surface area contributed by atoms with Crippen LogP contribution in [0.4, 0.5) is 0 Å². The van der Waals surface area contributed by atoms with Gasteiger partial charge in [-0.2, -0.15) is 0 Å². The second kappa shape index (κ2) is 4.58. The minimum Gasteiger partial charge on any atom is -0.397 e. The van der Waals surface area contributed by atoms with Gasteiger partial charge in [-0.1, -0.05) is 13.8 Å². The first-order valence-corrected chi connectivity index (χ1v) is 6.90. The van der Waals surface area contributed by atoms with E-state index in [4.69, 9.17) is 8.85 Å². The Hall–Kier alpha value is 0.137. The molecule has 0 aromatic carbocycles. The summed E-state index contributed by atoms with van der Waals surface area (Å²) in [6, 6.07) is 0. The van der Waals surface area contributed by atoms with Gasteiger partial charge in [0.2, 0.25) is 0 Å². The van der Waals surface area contributed by atoms with E-state index in [9.17, 15) is 0 Å². The third-order valence-electron chi connectivity index (χ3n) is 3.42. The molecule has 0 radical (unpaired) electrons. The van der Waals surface area contributed by atoms with Crippen molar-refractivity contribution in [2.24, 2.45) is 5.92 Å². The quantitative estimate of drug-likeness (QED) is 0.638. The van der Waals surface area contributed by atoms with Crippen LogP contribution < -0.4 is 0 Å². The predicted molar refractivity (Wildman–Crippen MR) is 57.2 cm³/mol. The van der Waals surface area contributed by atoms with E-state index in [-0.39, 0.29) is 0 Å². The summed E-state index contributed by atoms with van der Waals surface area (Å²) < 4.78 is 11.6. The van der Waals surface area contributed by atoms with Crippen LogP contribution in [0.1, 0.15) is 40.5 Å². The summed E-state index contributed by atoms with van der Waals surface area (Å²) in [4.78, 5) is 0. The summed E-state index contributed by atoms with van der Waals surface area (Å²) in [6.45, 7) is 10.4. The standard InChI is InChI=1S/C10H22O2Si/c1-5-11-13(12-6-2)10(4)8-7-9(10)3/h9,13H,5-8H2,1-4H3. The highest BCUT2D eigenvalue weighted by Gasteiger charge is 2.49. The number of rotatable bonds is 5. The van der Waals surface area contributed by atoms with Gasteiger partial charge in [0.15, 0.2) is 0 Å². The van der Waals surface area contributed by atoms with Gasteiger partial charge in [0, 0.05) is 18.3 Å². The van der Waals surface area contributed by atoms with Crippen molar-refractivity contribution >= 4 is 9.28 Å². The van der Waals surface area contributed by atoms with E-state index in [0.29, 0.717) is 5.04 Å². The van der Waals surface area contributed by atoms with Crippen LogP contribution in [-0.2, 0) is 8.85 Å². The van der Waals surface area contributed by atoms with Crippen LogP contribution in [0.15, 0.2) is 0 Å². The van der Waals surface area contributed by atoms with E-state index in [2.05, 4.69) is 27.7 Å². The summed E-state index contributed by atoms with van der Waals surface area (Å²) in [5, 5.41) is 0.395. The van der Waals surface area contributed by atoms with Gasteiger partial charge < -0.3 is 8.85 Å². The van der Waals surface area contributed by atoms with E-state index in [1.807, 2.05) is 0 Å². The molecule has 13 heavy (non-hydrogen) atoms. The summed E-state index contributed by atoms with van der Waals surface area (Å²) in [5.41, 5.74) is 0. The SMILES string of the molecule is CCO[SiH](OCC)C1(C)CCC1C. The van der Waals surface area contributed by atoms with Crippen molar-refractivity contribution in [3.63, 3.8) is 0 Å². The normalized spacial score (nSPS) is 33.5. The lowest BCUT2D eigenvalue weighted by Crippen LogP contribution is -2.46. The van der Waals surface area contributed by atoms with Crippen molar-refractivity contribution in [1.82, 2.24) is 0 Å². The molecule has 0 N–H and O–H groups in total. The van der Waals surface area contributed by atoms with Gasteiger partial charge in [0.1, 0.15) is 0 Å². The van der Waals surface area contributed by atoms with Gasteiger partial charge in [-0.25, -0.2) is 0 Å². The highest BCUT2D eigenvalue weighted by atomic mass is 28.3. The Morgan fingerprint density at radius 1 is 1.31 bits per heavy atom. The van der Waals surface area contributed by atoms with E-state index in [1.165, 1.54) is 12.8 Å². The highest BCUT2D eigenvalue weighted by molar-refractivity contribution is 6.49. The highest BCUT2D eigenvalue weighted by Crippen LogP contribution is 2.55. The molecule has 0 spiro atoms. The summed E-state index contributed by atoms with van der Waals surface area (Å²) in [7, 11) is -1.41. The monoisotopic (exact) mass is 202 g/mol. The topological polar surface area (TPSA) is 18.5 Å². The molecule has 78 valence electrons. The first-order valence-electron chi connectivity index (χ1n) is 5.38. The van der Waals surface area contributed by atoms with Crippen LogP contribution in [0.2, 0.25) is 5.04 Å². The Morgan fingerprint density at radius 3 is 2.08 bits per heavy atom. The van der Waals surface area contributed by atoms with Crippen LogP contribution in [0, 0.1) is 5.92 Å². The fraction of sp³-hybridized carbons (Fsp3) is 1.00. The van der Waals surface area contributed by atoms with E-state index in [1.54, 1.807) is 0 Å².